The van der Waals surface area contributed by atoms with Crippen molar-refractivity contribution >= 4 is 5.97 Å². The van der Waals surface area contributed by atoms with Crippen molar-refractivity contribution in [2.75, 3.05) is 7.11 Å². The summed E-state index contributed by atoms with van der Waals surface area (Å²) in [6.45, 7) is 7.53. The Morgan fingerprint density at radius 2 is 2.14 bits per heavy atom. The number of aliphatic hydroxyl groups is 1. The molecule has 1 rings (SSSR count). The maximum absolute atomic E-state index is 11.5. The van der Waals surface area contributed by atoms with E-state index in [1.807, 2.05) is 13.8 Å². The van der Waals surface area contributed by atoms with Gasteiger partial charge in [0.05, 0.1) is 7.11 Å². The van der Waals surface area contributed by atoms with Gasteiger partial charge in [-0.3, -0.25) is 0 Å². The largest absolute Gasteiger partial charge is 0.467 e. The molecule has 0 saturated heterocycles. The van der Waals surface area contributed by atoms with Crippen LogP contribution in [0.4, 0.5) is 0 Å². The van der Waals surface area contributed by atoms with Crippen molar-refractivity contribution in [2.45, 2.75) is 32.3 Å². The fraction of sp³-hybridized carbons (Fsp3) is 0.727. The third-order valence-electron chi connectivity index (χ3n) is 3.28. The lowest BCUT2D eigenvalue weighted by atomic mass is 9.81. The third kappa shape index (κ3) is 1.46. The first-order valence-electron chi connectivity index (χ1n) is 4.90. The van der Waals surface area contributed by atoms with Crippen molar-refractivity contribution in [1.82, 2.24) is 0 Å². The lowest BCUT2D eigenvalue weighted by Gasteiger charge is -2.31. The molecule has 0 amide bonds. The molecule has 3 nitrogen and oxygen atoms in total. The van der Waals surface area contributed by atoms with Gasteiger partial charge in [0.2, 0.25) is 0 Å². The number of rotatable bonds is 2. The first kappa shape index (κ1) is 11.2. The van der Waals surface area contributed by atoms with Gasteiger partial charge >= 0.3 is 5.97 Å². The maximum atomic E-state index is 11.5. The number of ether oxygens (including phenoxy) is 1. The zero-order chi connectivity index (χ0) is 10.9. The molecule has 80 valence electrons. The monoisotopic (exact) mass is 198 g/mol. The molecule has 0 aliphatic heterocycles. The fourth-order valence-corrected chi connectivity index (χ4v) is 2.33. The normalized spacial score (nSPS) is 36.9. The molecule has 0 heterocycles. The van der Waals surface area contributed by atoms with Crippen LogP contribution >= 0.6 is 0 Å². The second-order valence-corrected chi connectivity index (χ2v) is 4.19. The van der Waals surface area contributed by atoms with Crippen molar-refractivity contribution in [3.05, 3.63) is 12.2 Å². The third-order valence-corrected chi connectivity index (χ3v) is 3.28. The predicted octanol–water partition coefficient (Wildman–Crippen LogP) is 1.51. The van der Waals surface area contributed by atoms with E-state index in [1.54, 1.807) is 0 Å². The van der Waals surface area contributed by atoms with Crippen molar-refractivity contribution in [2.24, 2.45) is 11.8 Å². The molecule has 1 saturated carbocycles. The lowest BCUT2D eigenvalue weighted by Crippen LogP contribution is -2.47. The quantitative estimate of drug-likeness (QED) is 0.540. The van der Waals surface area contributed by atoms with Gasteiger partial charge < -0.3 is 9.84 Å². The van der Waals surface area contributed by atoms with E-state index in [4.69, 9.17) is 0 Å². The van der Waals surface area contributed by atoms with E-state index in [0.717, 1.165) is 18.4 Å². The number of esters is 1. The van der Waals surface area contributed by atoms with Crippen molar-refractivity contribution in [1.29, 1.82) is 0 Å². The van der Waals surface area contributed by atoms with Crippen LogP contribution in [-0.2, 0) is 9.53 Å². The molecule has 1 aliphatic rings. The van der Waals surface area contributed by atoms with E-state index < -0.39 is 11.6 Å². The van der Waals surface area contributed by atoms with E-state index in [2.05, 4.69) is 11.3 Å². The van der Waals surface area contributed by atoms with Gasteiger partial charge in [0.25, 0.3) is 0 Å². The van der Waals surface area contributed by atoms with Crippen LogP contribution in [0.5, 0.6) is 0 Å². The number of methoxy groups -OCH3 is 1. The number of hydrogen-bond donors (Lipinski definition) is 1. The summed E-state index contributed by atoms with van der Waals surface area (Å²) in [7, 11) is 1.31. The molecule has 0 spiro atoms. The molecule has 3 heteroatoms. The summed E-state index contributed by atoms with van der Waals surface area (Å²) in [5, 5.41) is 10.3. The Labute approximate surface area is 84.8 Å². The minimum Gasteiger partial charge on any atom is -0.467 e. The van der Waals surface area contributed by atoms with Crippen LogP contribution in [-0.4, -0.2) is 23.8 Å². The summed E-state index contributed by atoms with van der Waals surface area (Å²) < 4.78 is 4.66. The van der Waals surface area contributed by atoms with E-state index >= 15 is 0 Å². The molecule has 0 aromatic heterocycles. The second kappa shape index (κ2) is 3.73. The SMILES string of the molecule is C=C(C)[C@H]1CC[C@@H](C)[C@]1(O)C(=O)OC. The van der Waals surface area contributed by atoms with Gasteiger partial charge in [0.15, 0.2) is 5.60 Å². The first-order chi connectivity index (χ1) is 6.44. The van der Waals surface area contributed by atoms with Gasteiger partial charge in [0.1, 0.15) is 0 Å². The van der Waals surface area contributed by atoms with Gasteiger partial charge in [-0.05, 0) is 25.7 Å². The van der Waals surface area contributed by atoms with E-state index in [0.29, 0.717) is 0 Å². The molecule has 0 aromatic rings. The van der Waals surface area contributed by atoms with Crippen LogP contribution in [0.2, 0.25) is 0 Å². The van der Waals surface area contributed by atoms with Crippen LogP contribution in [0, 0.1) is 11.8 Å². The molecule has 0 unspecified atom stereocenters. The summed E-state index contributed by atoms with van der Waals surface area (Å²) in [5.41, 5.74) is -0.511. The van der Waals surface area contributed by atoms with Gasteiger partial charge in [-0.2, -0.15) is 0 Å². The highest BCUT2D eigenvalue weighted by molar-refractivity contribution is 5.81. The van der Waals surface area contributed by atoms with Crippen LogP contribution < -0.4 is 0 Å². The molecule has 14 heavy (non-hydrogen) atoms. The summed E-state index contributed by atoms with van der Waals surface area (Å²) in [5.74, 6) is -0.753. The molecule has 0 radical (unpaired) electrons. The molecule has 0 bridgehead atoms. The Morgan fingerprint density at radius 3 is 2.57 bits per heavy atom. The molecular weight excluding hydrogens is 180 g/mol. The van der Waals surface area contributed by atoms with Gasteiger partial charge in [-0.1, -0.05) is 19.1 Å². The summed E-state index contributed by atoms with van der Waals surface area (Å²) >= 11 is 0. The fourth-order valence-electron chi connectivity index (χ4n) is 2.33. The Balaban J connectivity index is 3.00. The zero-order valence-electron chi connectivity index (χ0n) is 9.04. The van der Waals surface area contributed by atoms with Crippen LogP contribution in [0.25, 0.3) is 0 Å². The smallest absolute Gasteiger partial charge is 0.338 e. The van der Waals surface area contributed by atoms with Gasteiger partial charge in [-0.25, -0.2) is 4.79 Å². The predicted molar refractivity (Wildman–Crippen MR) is 53.7 cm³/mol. The zero-order valence-corrected chi connectivity index (χ0v) is 9.04. The molecule has 0 aromatic carbocycles. The van der Waals surface area contributed by atoms with Crippen molar-refractivity contribution in [3.8, 4) is 0 Å². The van der Waals surface area contributed by atoms with E-state index in [1.165, 1.54) is 7.11 Å². The summed E-state index contributed by atoms with van der Waals surface area (Å²) in [6.07, 6.45) is 1.64. The average molecular weight is 198 g/mol. The minimum atomic E-state index is -1.36. The Morgan fingerprint density at radius 1 is 1.57 bits per heavy atom. The van der Waals surface area contributed by atoms with Crippen molar-refractivity contribution < 1.29 is 14.6 Å². The lowest BCUT2D eigenvalue weighted by molar-refractivity contribution is -0.169. The standard InChI is InChI=1S/C11H18O3/c1-7(2)9-6-5-8(3)11(9,13)10(12)14-4/h8-9,13H,1,5-6H2,2-4H3/t8-,9-,11-/m1/s1. The molecule has 1 N–H and O–H groups in total. The summed E-state index contributed by atoms with van der Waals surface area (Å²) in [4.78, 5) is 11.5. The Hall–Kier alpha value is -0.830. The Bertz CT molecular complexity index is 259. The topological polar surface area (TPSA) is 46.5 Å². The molecular formula is C11H18O3. The Kier molecular flexibility index (Phi) is 3.00. The number of hydrogen-bond acceptors (Lipinski definition) is 3. The first-order valence-corrected chi connectivity index (χ1v) is 4.90. The van der Waals surface area contributed by atoms with Crippen molar-refractivity contribution in [3.63, 3.8) is 0 Å². The number of carbonyl (C=O) groups excluding carboxylic acids is 1. The summed E-state index contributed by atoms with van der Waals surface area (Å²) in [6, 6.07) is 0. The number of carbonyl (C=O) groups is 1. The minimum absolute atomic E-state index is 0.0587. The highest BCUT2D eigenvalue weighted by Crippen LogP contribution is 2.44. The van der Waals surface area contributed by atoms with Crippen LogP contribution in [0.15, 0.2) is 12.2 Å². The molecule has 1 fully saturated rings. The highest BCUT2D eigenvalue weighted by Gasteiger charge is 2.53. The van der Waals surface area contributed by atoms with Gasteiger partial charge in [0, 0.05) is 5.92 Å². The average Bonchev–Trinajstić information content (AvgIpc) is 2.43. The van der Waals surface area contributed by atoms with Gasteiger partial charge in [-0.15, -0.1) is 0 Å². The second-order valence-electron chi connectivity index (χ2n) is 4.19. The maximum Gasteiger partial charge on any atom is 0.338 e. The van der Waals surface area contributed by atoms with E-state index in [9.17, 15) is 9.90 Å². The highest BCUT2D eigenvalue weighted by atomic mass is 16.5. The van der Waals surface area contributed by atoms with Crippen LogP contribution in [0.1, 0.15) is 26.7 Å². The molecule has 1 aliphatic carbocycles. The molecule has 3 atom stereocenters. The van der Waals surface area contributed by atoms with Crippen LogP contribution in [0.3, 0.4) is 0 Å². The van der Waals surface area contributed by atoms with E-state index in [-0.39, 0.29) is 11.8 Å².